The molecule has 0 radical (unpaired) electrons. The van der Waals surface area contributed by atoms with Gasteiger partial charge in [-0.3, -0.25) is 4.79 Å². The van der Waals surface area contributed by atoms with E-state index in [9.17, 15) is 4.79 Å². The summed E-state index contributed by atoms with van der Waals surface area (Å²) in [6.45, 7) is 0.329. The van der Waals surface area contributed by atoms with Gasteiger partial charge in [0, 0.05) is 12.6 Å². The molecule has 7 heteroatoms. The highest BCUT2D eigenvalue weighted by molar-refractivity contribution is 7.81. The molecule has 0 aromatic heterocycles. The van der Waals surface area contributed by atoms with Crippen LogP contribution >= 0.6 is 12.6 Å². The maximum atomic E-state index is 10.6. The molecule has 0 bridgehead atoms. The van der Waals surface area contributed by atoms with Crippen molar-refractivity contribution in [2.75, 3.05) is 12.3 Å². The van der Waals surface area contributed by atoms with Crippen molar-refractivity contribution in [3.05, 3.63) is 0 Å². The minimum absolute atomic E-state index is 0.0557. The highest BCUT2D eigenvalue weighted by Crippen LogP contribution is 1.99. The Kier molecular flexibility index (Phi) is 5.50. The van der Waals surface area contributed by atoms with Crippen molar-refractivity contribution in [2.45, 2.75) is 12.5 Å². The van der Waals surface area contributed by atoms with Gasteiger partial charge in [-0.1, -0.05) is 0 Å². The highest BCUT2D eigenvalue weighted by Gasteiger charge is 2.25. The number of hydrogen-bond donors (Lipinski definition) is 5. The summed E-state index contributed by atoms with van der Waals surface area (Å²) >= 11 is 3.72. The second-order valence-corrected chi connectivity index (χ2v) is 4.75. The Morgan fingerprint density at radius 2 is 2.00 bits per heavy atom. The van der Waals surface area contributed by atoms with E-state index >= 15 is 0 Å². The molecule has 0 heterocycles. The summed E-state index contributed by atoms with van der Waals surface area (Å²) in [5, 5.41) is 2.48. The molecule has 0 saturated heterocycles. The number of nitrogens with one attached hydrogen (secondary N) is 1. The van der Waals surface area contributed by atoms with Crippen LogP contribution in [0.25, 0.3) is 0 Å². The van der Waals surface area contributed by atoms with Crippen LogP contribution in [-0.4, -0.2) is 41.4 Å². The van der Waals surface area contributed by atoms with Crippen LogP contribution < -0.4 is 5.32 Å². The van der Waals surface area contributed by atoms with Crippen LogP contribution in [0.1, 0.15) is 6.42 Å². The van der Waals surface area contributed by atoms with E-state index in [4.69, 9.17) is 14.4 Å². The van der Waals surface area contributed by atoms with Gasteiger partial charge in [-0.2, -0.15) is 12.6 Å². The molecule has 0 aromatic carbocycles. The number of thiol groups is 1. The lowest BCUT2D eigenvalue weighted by Crippen LogP contribution is -2.35. The van der Waals surface area contributed by atoms with Gasteiger partial charge in [0.15, 0.2) is 0 Å². The Hall–Kier alpha value is -0.0831. The molecular formula is C5H13NO4SSi. The van der Waals surface area contributed by atoms with Crippen LogP contribution in [-0.2, 0) is 4.79 Å². The van der Waals surface area contributed by atoms with Crippen molar-refractivity contribution in [1.82, 2.24) is 5.32 Å². The first-order valence-corrected chi connectivity index (χ1v) is 6.18. The molecule has 0 saturated carbocycles. The predicted octanol–water partition coefficient (Wildman–Crippen LogP) is -1.66. The lowest BCUT2D eigenvalue weighted by atomic mass is 10.5. The minimum atomic E-state index is -3.91. The van der Waals surface area contributed by atoms with Crippen molar-refractivity contribution < 1.29 is 19.2 Å². The predicted molar refractivity (Wildman–Crippen MR) is 48.7 cm³/mol. The molecule has 0 aromatic rings. The van der Waals surface area contributed by atoms with E-state index < -0.39 is 8.80 Å². The Labute approximate surface area is 77.2 Å². The third-order valence-corrected chi connectivity index (χ3v) is 2.47. The van der Waals surface area contributed by atoms with Crippen LogP contribution in [0, 0.1) is 0 Å². The number of carbonyl (C=O) groups is 1. The third kappa shape index (κ3) is 8.02. The third-order valence-electron chi connectivity index (χ3n) is 1.15. The summed E-state index contributed by atoms with van der Waals surface area (Å²) in [4.78, 5) is 36.3. The van der Waals surface area contributed by atoms with Gasteiger partial charge in [-0.05, 0) is 6.42 Å². The molecular weight excluding hydrogens is 198 g/mol. The largest absolute Gasteiger partial charge is 0.492 e. The van der Waals surface area contributed by atoms with Crippen molar-refractivity contribution in [1.29, 1.82) is 0 Å². The van der Waals surface area contributed by atoms with Crippen LogP contribution in [0.2, 0.25) is 6.04 Å². The van der Waals surface area contributed by atoms with Gasteiger partial charge in [-0.15, -0.1) is 0 Å². The molecule has 0 atom stereocenters. The highest BCUT2D eigenvalue weighted by atomic mass is 32.1. The monoisotopic (exact) mass is 211 g/mol. The van der Waals surface area contributed by atoms with E-state index in [2.05, 4.69) is 17.9 Å². The van der Waals surface area contributed by atoms with E-state index in [0.29, 0.717) is 13.0 Å². The minimum Gasteiger partial charge on any atom is -0.390 e. The average Bonchev–Trinajstić information content (AvgIpc) is 1.96. The summed E-state index contributed by atoms with van der Waals surface area (Å²) in [6.07, 6.45) is 0.356. The van der Waals surface area contributed by atoms with Crippen LogP contribution in [0.4, 0.5) is 0 Å². The van der Waals surface area contributed by atoms with Gasteiger partial charge in [0.05, 0.1) is 5.75 Å². The molecule has 1 amide bonds. The second-order valence-electron chi connectivity index (χ2n) is 2.39. The van der Waals surface area contributed by atoms with E-state index in [1.807, 2.05) is 0 Å². The van der Waals surface area contributed by atoms with Crippen molar-refractivity contribution in [2.24, 2.45) is 0 Å². The molecule has 0 unspecified atom stereocenters. The van der Waals surface area contributed by atoms with Gasteiger partial charge < -0.3 is 19.7 Å². The van der Waals surface area contributed by atoms with E-state index in [1.165, 1.54) is 0 Å². The lowest BCUT2D eigenvalue weighted by molar-refractivity contribution is -0.118. The summed E-state index contributed by atoms with van der Waals surface area (Å²) in [5.41, 5.74) is 0. The molecule has 0 aliphatic heterocycles. The van der Waals surface area contributed by atoms with Gasteiger partial charge in [0.25, 0.3) is 0 Å². The smallest absolute Gasteiger partial charge is 0.390 e. The quantitative estimate of drug-likeness (QED) is 0.214. The first-order chi connectivity index (χ1) is 5.45. The molecule has 0 aliphatic rings. The maximum Gasteiger partial charge on any atom is 0.492 e. The zero-order valence-electron chi connectivity index (χ0n) is 6.53. The summed E-state index contributed by atoms with van der Waals surface area (Å²) in [5.74, 6) is -0.0978. The Morgan fingerprint density at radius 1 is 1.42 bits per heavy atom. The van der Waals surface area contributed by atoms with Crippen LogP contribution in [0.15, 0.2) is 0 Å². The van der Waals surface area contributed by atoms with Gasteiger partial charge in [0.2, 0.25) is 5.91 Å². The van der Waals surface area contributed by atoms with Gasteiger partial charge >= 0.3 is 8.80 Å². The van der Waals surface area contributed by atoms with Crippen LogP contribution in [0.3, 0.4) is 0 Å². The lowest BCUT2D eigenvalue weighted by Gasteiger charge is -2.08. The Morgan fingerprint density at radius 3 is 2.42 bits per heavy atom. The van der Waals surface area contributed by atoms with Crippen molar-refractivity contribution in [3.8, 4) is 0 Å². The Balaban J connectivity index is 3.28. The molecule has 72 valence electrons. The summed E-state index contributed by atoms with van der Waals surface area (Å²) in [7, 11) is -3.91. The van der Waals surface area contributed by atoms with Crippen molar-refractivity contribution >= 4 is 27.3 Å². The number of amides is 1. The fraction of sp³-hybridized carbons (Fsp3) is 0.800. The molecule has 5 nitrogen and oxygen atoms in total. The zero-order valence-corrected chi connectivity index (χ0v) is 8.42. The number of carbonyl (C=O) groups excluding carboxylic acids is 1. The van der Waals surface area contributed by atoms with E-state index in [1.54, 1.807) is 0 Å². The van der Waals surface area contributed by atoms with Gasteiger partial charge in [-0.25, -0.2) is 0 Å². The normalized spacial score (nSPS) is 11.3. The molecule has 12 heavy (non-hydrogen) atoms. The molecule has 0 rings (SSSR count). The second kappa shape index (κ2) is 5.54. The number of rotatable bonds is 5. The van der Waals surface area contributed by atoms with Crippen LogP contribution in [0.5, 0.6) is 0 Å². The van der Waals surface area contributed by atoms with E-state index in [-0.39, 0.29) is 17.7 Å². The number of hydrogen-bond acceptors (Lipinski definition) is 5. The molecule has 4 N–H and O–H groups in total. The fourth-order valence-corrected chi connectivity index (χ4v) is 1.37. The maximum absolute atomic E-state index is 10.6. The summed E-state index contributed by atoms with van der Waals surface area (Å²) in [6, 6.07) is -0.0557. The standard InChI is InChI=1S/C5H13NO4SSi/c7-5(4-11)6-2-1-3-12(8,9)10/h8-11H,1-4H2,(H,6,7). The molecule has 0 fully saturated rings. The fourth-order valence-electron chi connectivity index (χ4n) is 0.609. The first kappa shape index (κ1) is 11.9. The average molecular weight is 211 g/mol. The SMILES string of the molecule is O=C(CS)NCCC[Si](O)(O)O. The van der Waals surface area contributed by atoms with Crippen molar-refractivity contribution in [3.63, 3.8) is 0 Å². The molecule has 0 aliphatic carbocycles. The van der Waals surface area contributed by atoms with E-state index in [0.717, 1.165) is 0 Å². The molecule has 0 spiro atoms. The topological polar surface area (TPSA) is 89.8 Å². The Bertz CT molecular complexity index is 149. The summed E-state index contributed by atoms with van der Waals surface area (Å²) < 4.78 is 0. The first-order valence-electron chi connectivity index (χ1n) is 3.50. The zero-order chi connectivity index (χ0) is 9.61. The van der Waals surface area contributed by atoms with Gasteiger partial charge in [0.1, 0.15) is 0 Å².